The number of rotatable bonds is 4. The Kier molecular flexibility index (Phi) is 4.12. The predicted octanol–water partition coefficient (Wildman–Crippen LogP) is 2.03. The highest BCUT2D eigenvalue weighted by Crippen LogP contribution is 2.28. The number of likely N-dealkylation sites (tertiary alicyclic amines) is 1. The highest BCUT2D eigenvalue weighted by Gasteiger charge is 2.34. The van der Waals surface area contributed by atoms with Gasteiger partial charge in [0.1, 0.15) is 0 Å². The van der Waals surface area contributed by atoms with E-state index in [9.17, 15) is 9.59 Å². The monoisotopic (exact) mass is 307 g/mol. The highest BCUT2D eigenvalue weighted by molar-refractivity contribution is 6.30. The van der Waals surface area contributed by atoms with E-state index < -0.39 is 0 Å². The Morgan fingerprint density at radius 2 is 2.00 bits per heavy atom. The lowest BCUT2D eigenvalue weighted by atomic mass is 10.0. The summed E-state index contributed by atoms with van der Waals surface area (Å²) in [5, 5.41) is 3.25. The van der Waals surface area contributed by atoms with Gasteiger partial charge in [0.2, 0.25) is 5.91 Å². The van der Waals surface area contributed by atoms with Gasteiger partial charge in [-0.3, -0.25) is 14.6 Å². The maximum absolute atomic E-state index is 11.8. The summed E-state index contributed by atoms with van der Waals surface area (Å²) in [6.07, 6.45) is 2.30. The molecule has 1 atom stereocenters. The Hall–Kier alpha value is -1.59. The molecule has 1 unspecified atom stereocenters. The molecule has 5 nitrogen and oxygen atoms in total. The summed E-state index contributed by atoms with van der Waals surface area (Å²) in [5.41, 5.74) is 1.05. The van der Waals surface area contributed by atoms with Crippen molar-refractivity contribution in [1.29, 1.82) is 0 Å². The van der Waals surface area contributed by atoms with Crippen molar-refractivity contribution in [1.82, 2.24) is 15.1 Å². The fraction of sp³-hybridized carbons (Fsp3) is 0.467. The van der Waals surface area contributed by atoms with Gasteiger partial charge in [-0.15, -0.1) is 0 Å². The van der Waals surface area contributed by atoms with Crippen molar-refractivity contribution in [3.63, 3.8) is 0 Å². The number of hydrogen-bond donors (Lipinski definition) is 1. The highest BCUT2D eigenvalue weighted by atomic mass is 35.5. The molecule has 3 amide bonds. The van der Waals surface area contributed by atoms with E-state index in [1.165, 1.54) is 4.90 Å². The summed E-state index contributed by atoms with van der Waals surface area (Å²) in [5.74, 6) is -0.161. The molecule has 0 aromatic heterocycles. The molecule has 2 fully saturated rings. The molecule has 0 saturated carbocycles. The normalized spacial score (nSPS) is 20.9. The zero-order chi connectivity index (χ0) is 14.8. The van der Waals surface area contributed by atoms with E-state index in [-0.39, 0.29) is 24.5 Å². The first-order chi connectivity index (χ1) is 10.1. The largest absolute Gasteiger partial charge is 0.329 e. The third-order valence-electron chi connectivity index (χ3n) is 4.11. The van der Waals surface area contributed by atoms with Gasteiger partial charge in [0, 0.05) is 5.02 Å². The lowest BCUT2D eigenvalue weighted by Crippen LogP contribution is -2.40. The first-order valence-corrected chi connectivity index (χ1v) is 7.60. The summed E-state index contributed by atoms with van der Waals surface area (Å²) in [6.45, 7) is 2.45. The molecule has 0 bridgehead atoms. The number of hydrogen-bond acceptors (Lipinski definition) is 3. The van der Waals surface area contributed by atoms with Crippen molar-refractivity contribution in [3.05, 3.63) is 34.9 Å². The van der Waals surface area contributed by atoms with Gasteiger partial charge in [-0.1, -0.05) is 23.7 Å². The van der Waals surface area contributed by atoms with Crippen LogP contribution in [0.4, 0.5) is 4.79 Å². The van der Waals surface area contributed by atoms with Gasteiger partial charge in [-0.2, -0.15) is 0 Å². The molecular weight excluding hydrogens is 290 g/mol. The molecule has 2 aliphatic heterocycles. The zero-order valence-electron chi connectivity index (χ0n) is 11.7. The average Bonchev–Trinajstić information content (AvgIpc) is 3.08. The molecule has 2 heterocycles. The number of nitrogens with one attached hydrogen (secondary N) is 1. The number of nitrogens with zero attached hydrogens (tertiary/aromatic N) is 2. The number of carbonyl (C=O) groups excluding carboxylic acids is 2. The van der Waals surface area contributed by atoms with Crippen molar-refractivity contribution in [2.45, 2.75) is 18.9 Å². The number of amides is 3. The van der Waals surface area contributed by atoms with Crippen LogP contribution in [0.15, 0.2) is 24.3 Å². The number of halogens is 1. The van der Waals surface area contributed by atoms with Crippen LogP contribution in [-0.4, -0.2) is 47.9 Å². The van der Waals surface area contributed by atoms with E-state index >= 15 is 0 Å². The van der Waals surface area contributed by atoms with E-state index in [0.717, 1.165) is 31.5 Å². The van der Waals surface area contributed by atoms with Gasteiger partial charge in [-0.05, 0) is 43.6 Å². The molecule has 0 radical (unpaired) electrons. The molecule has 21 heavy (non-hydrogen) atoms. The maximum atomic E-state index is 11.8. The number of benzene rings is 1. The van der Waals surface area contributed by atoms with Crippen molar-refractivity contribution >= 4 is 23.5 Å². The van der Waals surface area contributed by atoms with Crippen LogP contribution < -0.4 is 5.32 Å². The molecule has 1 aromatic carbocycles. The van der Waals surface area contributed by atoms with Crippen LogP contribution in [0.5, 0.6) is 0 Å². The third kappa shape index (κ3) is 3.04. The second-order valence-electron chi connectivity index (χ2n) is 5.48. The standard InChI is InChI=1S/C15H18ClN3O2/c16-12-5-3-4-11(8-12)13(18-6-1-2-7-18)10-19-14(20)9-17-15(19)21/h3-5,8,13H,1-2,6-7,9-10H2,(H,17,21). The van der Waals surface area contributed by atoms with E-state index in [4.69, 9.17) is 11.6 Å². The molecule has 112 valence electrons. The van der Waals surface area contributed by atoms with Gasteiger partial charge in [-0.25, -0.2) is 4.79 Å². The van der Waals surface area contributed by atoms with Crippen LogP contribution in [-0.2, 0) is 4.79 Å². The lowest BCUT2D eigenvalue weighted by Gasteiger charge is -2.30. The smallest absolute Gasteiger partial charge is 0.324 e. The van der Waals surface area contributed by atoms with Gasteiger partial charge in [0.05, 0.1) is 19.1 Å². The second kappa shape index (κ2) is 6.03. The molecule has 3 rings (SSSR count). The Labute approximate surface area is 128 Å². The van der Waals surface area contributed by atoms with E-state index in [2.05, 4.69) is 10.2 Å². The molecule has 2 saturated heterocycles. The molecular formula is C15H18ClN3O2. The van der Waals surface area contributed by atoms with Crippen molar-refractivity contribution in [2.75, 3.05) is 26.2 Å². The average molecular weight is 308 g/mol. The minimum absolute atomic E-state index is 0.0130. The Bertz CT molecular complexity index is 542. The molecule has 6 heteroatoms. The third-order valence-corrected chi connectivity index (χ3v) is 4.34. The van der Waals surface area contributed by atoms with Crippen LogP contribution in [0, 0.1) is 0 Å². The predicted molar refractivity (Wildman–Crippen MR) is 80.1 cm³/mol. The molecule has 0 aliphatic carbocycles. The van der Waals surface area contributed by atoms with Crippen LogP contribution in [0.1, 0.15) is 24.4 Å². The summed E-state index contributed by atoms with van der Waals surface area (Å²) in [6, 6.07) is 7.38. The van der Waals surface area contributed by atoms with Gasteiger partial charge < -0.3 is 5.32 Å². The fourth-order valence-corrected chi connectivity index (χ4v) is 3.21. The minimum atomic E-state index is -0.300. The van der Waals surface area contributed by atoms with Crippen molar-refractivity contribution in [3.8, 4) is 0 Å². The zero-order valence-corrected chi connectivity index (χ0v) is 12.5. The Morgan fingerprint density at radius 3 is 2.62 bits per heavy atom. The van der Waals surface area contributed by atoms with Crippen LogP contribution in [0.25, 0.3) is 0 Å². The van der Waals surface area contributed by atoms with Crippen LogP contribution in [0.3, 0.4) is 0 Å². The molecule has 2 aliphatic rings. The topological polar surface area (TPSA) is 52.7 Å². The number of imide groups is 1. The molecule has 1 N–H and O–H groups in total. The first kappa shape index (κ1) is 14.4. The quantitative estimate of drug-likeness (QED) is 0.866. The summed E-state index contributed by atoms with van der Waals surface area (Å²) in [4.78, 5) is 27.2. The summed E-state index contributed by atoms with van der Waals surface area (Å²) >= 11 is 6.09. The molecule has 0 spiro atoms. The first-order valence-electron chi connectivity index (χ1n) is 7.23. The van der Waals surface area contributed by atoms with Crippen LogP contribution in [0.2, 0.25) is 5.02 Å². The lowest BCUT2D eigenvalue weighted by molar-refractivity contribution is -0.125. The van der Waals surface area contributed by atoms with Crippen molar-refractivity contribution < 1.29 is 9.59 Å². The van der Waals surface area contributed by atoms with Crippen LogP contribution >= 0.6 is 11.6 Å². The number of urea groups is 1. The minimum Gasteiger partial charge on any atom is -0.329 e. The summed E-state index contributed by atoms with van der Waals surface area (Å²) in [7, 11) is 0. The SMILES string of the molecule is O=C1CNC(=O)N1CC(c1cccc(Cl)c1)N1CCCC1. The van der Waals surface area contributed by atoms with Gasteiger partial charge in [0.25, 0.3) is 0 Å². The second-order valence-corrected chi connectivity index (χ2v) is 5.91. The Balaban J connectivity index is 1.85. The van der Waals surface area contributed by atoms with E-state index in [1.807, 2.05) is 24.3 Å². The van der Waals surface area contributed by atoms with E-state index in [0.29, 0.717) is 11.6 Å². The Morgan fingerprint density at radius 1 is 1.24 bits per heavy atom. The number of carbonyl (C=O) groups is 2. The molecule has 1 aromatic rings. The van der Waals surface area contributed by atoms with Gasteiger partial charge in [0.15, 0.2) is 0 Å². The van der Waals surface area contributed by atoms with Gasteiger partial charge >= 0.3 is 6.03 Å². The summed E-state index contributed by atoms with van der Waals surface area (Å²) < 4.78 is 0. The fourth-order valence-electron chi connectivity index (χ4n) is 3.01. The maximum Gasteiger partial charge on any atom is 0.324 e. The van der Waals surface area contributed by atoms with Crippen molar-refractivity contribution in [2.24, 2.45) is 0 Å². The van der Waals surface area contributed by atoms with E-state index in [1.54, 1.807) is 0 Å².